The molecular formula is C19H28Cl2N4. The van der Waals surface area contributed by atoms with E-state index in [1.807, 2.05) is 18.2 Å². The minimum atomic E-state index is 0.593. The van der Waals surface area contributed by atoms with Gasteiger partial charge >= 0.3 is 0 Å². The molecular weight excluding hydrogens is 355 g/mol. The van der Waals surface area contributed by atoms with Gasteiger partial charge in [0.1, 0.15) is 0 Å². The Bertz CT molecular complexity index is 615. The Balaban J connectivity index is 1.57. The van der Waals surface area contributed by atoms with Crippen LogP contribution in [0.2, 0.25) is 10.0 Å². The number of hydrogen-bond donors (Lipinski definition) is 1. The first kappa shape index (κ1) is 18.8. The van der Waals surface area contributed by atoms with Crippen LogP contribution < -0.4 is 5.32 Å². The van der Waals surface area contributed by atoms with Crippen molar-refractivity contribution in [1.82, 2.24) is 15.1 Å². The molecule has 1 saturated carbocycles. The van der Waals surface area contributed by atoms with Crippen LogP contribution in [0, 0.1) is 5.92 Å². The van der Waals surface area contributed by atoms with Gasteiger partial charge in [0.05, 0.1) is 10.0 Å². The lowest BCUT2D eigenvalue weighted by atomic mass is 10.1. The zero-order valence-corrected chi connectivity index (χ0v) is 16.7. The molecule has 1 saturated heterocycles. The summed E-state index contributed by atoms with van der Waals surface area (Å²) >= 11 is 12.1. The van der Waals surface area contributed by atoms with Gasteiger partial charge in [-0.1, -0.05) is 29.3 Å². The molecule has 1 aliphatic carbocycles. The molecule has 4 nitrogen and oxygen atoms in total. The van der Waals surface area contributed by atoms with Gasteiger partial charge in [-0.3, -0.25) is 4.99 Å². The van der Waals surface area contributed by atoms with Crippen LogP contribution in [0.4, 0.5) is 0 Å². The number of hydrogen-bond acceptors (Lipinski definition) is 2. The van der Waals surface area contributed by atoms with Crippen molar-refractivity contribution in [3.63, 3.8) is 0 Å². The quantitative estimate of drug-likeness (QED) is 0.598. The highest BCUT2D eigenvalue weighted by Crippen LogP contribution is 2.31. The maximum atomic E-state index is 6.13. The van der Waals surface area contributed by atoms with E-state index in [2.05, 4.69) is 29.1 Å². The number of nitrogens with one attached hydrogen (secondary N) is 1. The predicted molar refractivity (Wildman–Crippen MR) is 107 cm³/mol. The first-order valence-electron chi connectivity index (χ1n) is 9.24. The zero-order chi connectivity index (χ0) is 17.8. The Morgan fingerprint density at radius 1 is 1.28 bits per heavy atom. The lowest BCUT2D eigenvalue weighted by Gasteiger charge is -2.23. The summed E-state index contributed by atoms with van der Waals surface area (Å²) < 4.78 is 0. The SMILES string of the molecule is CCNC(=NCC1CCN(C2CC2)C1)N(C)Cc1ccc(Cl)c(Cl)c1. The molecule has 1 atom stereocenters. The number of likely N-dealkylation sites (tertiary alicyclic amines) is 1. The first-order valence-corrected chi connectivity index (χ1v) is 9.99. The molecule has 138 valence electrons. The number of aliphatic imine (C=N–C) groups is 1. The maximum Gasteiger partial charge on any atom is 0.193 e. The van der Waals surface area contributed by atoms with Crippen LogP contribution in [-0.2, 0) is 6.54 Å². The van der Waals surface area contributed by atoms with E-state index in [9.17, 15) is 0 Å². The summed E-state index contributed by atoms with van der Waals surface area (Å²) in [7, 11) is 2.06. The van der Waals surface area contributed by atoms with Crippen molar-refractivity contribution in [3.8, 4) is 0 Å². The van der Waals surface area contributed by atoms with Crippen molar-refractivity contribution in [3.05, 3.63) is 33.8 Å². The summed E-state index contributed by atoms with van der Waals surface area (Å²) in [5.41, 5.74) is 1.13. The average Bonchev–Trinajstić information content (AvgIpc) is 3.33. The van der Waals surface area contributed by atoms with E-state index in [-0.39, 0.29) is 0 Å². The van der Waals surface area contributed by atoms with Crippen molar-refractivity contribution in [2.24, 2.45) is 10.9 Å². The molecule has 3 rings (SSSR count). The number of halogens is 2. The molecule has 0 aromatic heterocycles. The van der Waals surface area contributed by atoms with Gasteiger partial charge in [0.15, 0.2) is 5.96 Å². The maximum absolute atomic E-state index is 6.13. The van der Waals surface area contributed by atoms with Crippen molar-refractivity contribution < 1.29 is 0 Å². The summed E-state index contributed by atoms with van der Waals surface area (Å²) in [5.74, 6) is 1.64. The van der Waals surface area contributed by atoms with Crippen LogP contribution in [-0.4, -0.2) is 55.0 Å². The fourth-order valence-corrected chi connectivity index (χ4v) is 3.78. The van der Waals surface area contributed by atoms with Gasteiger partial charge in [-0.15, -0.1) is 0 Å². The Morgan fingerprint density at radius 2 is 2.08 bits per heavy atom. The fraction of sp³-hybridized carbons (Fsp3) is 0.632. The Labute approximate surface area is 161 Å². The number of benzene rings is 1. The Hall–Kier alpha value is -0.970. The Kier molecular flexibility index (Phi) is 6.48. The van der Waals surface area contributed by atoms with Crippen LogP contribution in [0.3, 0.4) is 0 Å². The standard InChI is InChI=1S/C19H28Cl2N4/c1-3-22-19(23-11-15-8-9-25(13-15)16-5-6-16)24(2)12-14-4-7-17(20)18(21)10-14/h4,7,10,15-16H,3,5-6,8-9,11-13H2,1-2H3,(H,22,23). The molecule has 25 heavy (non-hydrogen) atoms. The van der Waals surface area contributed by atoms with E-state index in [4.69, 9.17) is 28.2 Å². The van der Waals surface area contributed by atoms with Gasteiger partial charge < -0.3 is 15.1 Å². The summed E-state index contributed by atoms with van der Waals surface area (Å²) in [6.45, 7) is 7.08. The number of nitrogens with zero attached hydrogens (tertiary/aromatic N) is 3. The molecule has 1 aliphatic heterocycles. The lowest BCUT2D eigenvalue weighted by Crippen LogP contribution is -2.39. The van der Waals surface area contributed by atoms with Crippen molar-refractivity contribution in [2.75, 3.05) is 33.2 Å². The molecule has 1 heterocycles. The topological polar surface area (TPSA) is 30.9 Å². The van der Waals surface area contributed by atoms with Gasteiger partial charge in [-0.25, -0.2) is 0 Å². The largest absolute Gasteiger partial charge is 0.357 e. The lowest BCUT2D eigenvalue weighted by molar-refractivity contribution is 0.315. The molecule has 1 aromatic rings. The molecule has 1 aromatic carbocycles. The molecule has 0 bridgehead atoms. The van der Waals surface area contributed by atoms with Crippen LogP contribution in [0.15, 0.2) is 23.2 Å². The third-order valence-corrected chi connectivity index (χ3v) is 5.72. The average molecular weight is 383 g/mol. The summed E-state index contributed by atoms with van der Waals surface area (Å²) in [5, 5.41) is 4.59. The number of rotatable bonds is 6. The second-order valence-electron chi connectivity index (χ2n) is 7.18. The highest BCUT2D eigenvalue weighted by atomic mass is 35.5. The molecule has 1 unspecified atom stereocenters. The molecule has 1 N–H and O–H groups in total. The summed E-state index contributed by atoms with van der Waals surface area (Å²) in [6.07, 6.45) is 4.06. The predicted octanol–water partition coefficient (Wildman–Crippen LogP) is 3.88. The second-order valence-corrected chi connectivity index (χ2v) is 7.99. The molecule has 0 spiro atoms. The van der Waals surface area contributed by atoms with Gasteiger partial charge in [0.25, 0.3) is 0 Å². The summed E-state index contributed by atoms with van der Waals surface area (Å²) in [6, 6.07) is 6.66. The van der Waals surface area contributed by atoms with Gasteiger partial charge in [0, 0.05) is 39.3 Å². The monoisotopic (exact) mass is 382 g/mol. The normalized spacial score (nSPS) is 21.6. The molecule has 6 heteroatoms. The molecule has 2 aliphatic rings. The van der Waals surface area contributed by atoms with Gasteiger partial charge in [-0.2, -0.15) is 0 Å². The van der Waals surface area contributed by atoms with Crippen LogP contribution in [0.5, 0.6) is 0 Å². The van der Waals surface area contributed by atoms with E-state index in [0.717, 1.165) is 37.2 Å². The molecule has 0 radical (unpaired) electrons. The van der Waals surface area contributed by atoms with Crippen molar-refractivity contribution in [2.45, 2.75) is 38.8 Å². The first-order chi connectivity index (χ1) is 12.1. The van der Waals surface area contributed by atoms with E-state index in [0.29, 0.717) is 16.0 Å². The van der Waals surface area contributed by atoms with E-state index in [1.54, 1.807) is 0 Å². The van der Waals surface area contributed by atoms with E-state index >= 15 is 0 Å². The fourth-order valence-electron chi connectivity index (χ4n) is 3.45. The second kappa shape index (κ2) is 8.61. The zero-order valence-electron chi connectivity index (χ0n) is 15.1. The van der Waals surface area contributed by atoms with E-state index < -0.39 is 0 Å². The minimum absolute atomic E-state index is 0.593. The minimum Gasteiger partial charge on any atom is -0.357 e. The highest BCUT2D eigenvalue weighted by molar-refractivity contribution is 6.42. The van der Waals surface area contributed by atoms with Crippen LogP contribution in [0.1, 0.15) is 31.7 Å². The van der Waals surface area contributed by atoms with Crippen molar-refractivity contribution in [1.29, 1.82) is 0 Å². The Morgan fingerprint density at radius 3 is 2.76 bits per heavy atom. The van der Waals surface area contributed by atoms with Crippen molar-refractivity contribution >= 4 is 29.2 Å². The van der Waals surface area contributed by atoms with Crippen LogP contribution >= 0.6 is 23.2 Å². The van der Waals surface area contributed by atoms with Gasteiger partial charge in [0.2, 0.25) is 0 Å². The summed E-state index contributed by atoms with van der Waals surface area (Å²) in [4.78, 5) is 9.69. The smallest absolute Gasteiger partial charge is 0.193 e. The molecule has 2 fully saturated rings. The third-order valence-electron chi connectivity index (χ3n) is 4.98. The third kappa shape index (κ3) is 5.25. The van der Waals surface area contributed by atoms with Crippen LogP contribution in [0.25, 0.3) is 0 Å². The van der Waals surface area contributed by atoms with E-state index in [1.165, 1.54) is 32.4 Å². The molecule has 0 amide bonds. The number of guanidine groups is 1. The highest BCUT2D eigenvalue weighted by Gasteiger charge is 2.34. The van der Waals surface area contributed by atoms with Gasteiger partial charge in [-0.05, 0) is 56.3 Å².